The number of benzene rings is 2. The molecule has 1 saturated heterocycles. The lowest BCUT2D eigenvalue weighted by Crippen LogP contribution is -2.29. The molecule has 0 saturated carbocycles. The molecule has 0 radical (unpaired) electrons. The number of aryl methyl sites for hydroxylation is 1. The van der Waals surface area contributed by atoms with Crippen molar-refractivity contribution in [3.63, 3.8) is 0 Å². The molecule has 0 spiro atoms. The van der Waals surface area contributed by atoms with Crippen molar-refractivity contribution in [2.75, 3.05) is 7.11 Å². The molecule has 2 atom stereocenters. The van der Waals surface area contributed by atoms with Gasteiger partial charge in [-0.15, -0.1) is 0 Å². The second-order valence-electron chi connectivity index (χ2n) is 8.64. The summed E-state index contributed by atoms with van der Waals surface area (Å²) in [7, 11) is 1.55. The van der Waals surface area contributed by atoms with Gasteiger partial charge in [-0.1, -0.05) is 18.2 Å². The average molecular weight is 459 g/mol. The largest absolute Gasteiger partial charge is 0.507 e. The van der Waals surface area contributed by atoms with Crippen LogP contribution in [-0.2, 0) is 22.6 Å². The van der Waals surface area contributed by atoms with Gasteiger partial charge in [-0.3, -0.25) is 9.59 Å². The molecule has 2 aromatic carbocycles. The van der Waals surface area contributed by atoms with Crippen LogP contribution in [0.4, 0.5) is 0 Å². The van der Waals surface area contributed by atoms with Crippen LogP contribution in [-0.4, -0.2) is 34.9 Å². The van der Waals surface area contributed by atoms with E-state index in [1.807, 2.05) is 31.2 Å². The monoisotopic (exact) mass is 459 g/mol. The molecule has 1 amide bonds. The first-order valence-electron chi connectivity index (χ1n) is 11.1. The van der Waals surface area contributed by atoms with Crippen LogP contribution >= 0.6 is 0 Å². The number of fused-ring (bicyclic) bond motifs is 1. The zero-order valence-electron chi connectivity index (χ0n) is 19.2. The lowest BCUT2D eigenvalue weighted by atomic mass is 9.97. The highest BCUT2D eigenvalue weighted by Crippen LogP contribution is 2.42. The van der Waals surface area contributed by atoms with Crippen LogP contribution in [0.1, 0.15) is 41.2 Å². The summed E-state index contributed by atoms with van der Waals surface area (Å²) < 4.78 is 17.0. The fourth-order valence-electron chi connectivity index (χ4n) is 4.68. The molecule has 174 valence electrons. The van der Waals surface area contributed by atoms with Crippen LogP contribution in [0.5, 0.6) is 11.5 Å². The Morgan fingerprint density at radius 1 is 1.15 bits per heavy atom. The predicted octanol–water partition coefficient (Wildman–Crippen LogP) is 4.54. The zero-order valence-corrected chi connectivity index (χ0v) is 19.2. The van der Waals surface area contributed by atoms with E-state index in [-0.39, 0.29) is 24.0 Å². The van der Waals surface area contributed by atoms with E-state index in [1.165, 1.54) is 4.90 Å². The number of hydrogen-bond acceptors (Lipinski definition) is 6. The normalized spacial score (nSPS) is 21.0. The Morgan fingerprint density at radius 2 is 1.94 bits per heavy atom. The molecule has 7 nitrogen and oxygen atoms in total. The number of rotatable bonds is 5. The summed E-state index contributed by atoms with van der Waals surface area (Å²) in [6.45, 7) is 3.88. The Labute approximate surface area is 197 Å². The number of ketones is 1. The van der Waals surface area contributed by atoms with E-state index in [0.29, 0.717) is 29.3 Å². The van der Waals surface area contributed by atoms with Crippen LogP contribution in [0.3, 0.4) is 0 Å². The fraction of sp³-hybridized carbons (Fsp3) is 0.259. The maximum Gasteiger partial charge on any atom is 0.296 e. The summed E-state index contributed by atoms with van der Waals surface area (Å²) in [6, 6.07) is 15.2. The Bertz CT molecular complexity index is 1320. The number of ether oxygens (including phenoxy) is 2. The van der Waals surface area contributed by atoms with Gasteiger partial charge in [0.05, 0.1) is 19.2 Å². The molecule has 34 heavy (non-hydrogen) atoms. The SMILES string of the molecule is COc1ccccc1CN1C(=O)C(=O)/C(=C(/O)c2ccc3c(c2)CC(C)O3)C1c1ccc(C)o1. The van der Waals surface area contributed by atoms with Gasteiger partial charge in [0.25, 0.3) is 11.7 Å². The van der Waals surface area contributed by atoms with Crippen molar-refractivity contribution in [3.8, 4) is 11.5 Å². The number of carbonyl (C=O) groups is 2. The number of likely N-dealkylation sites (tertiary alicyclic amines) is 1. The topological polar surface area (TPSA) is 89.2 Å². The predicted molar refractivity (Wildman–Crippen MR) is 125 cm³/mol. The highest BCUT2D eigenvalue weighted by molar-refractivity contribution is 6.46. The van der Waals surface area contributed by atoms with Gasteiger partial charge in [0, 0.05) is 17.5 Å². The van der Waals surface area contributed by atoms with E-state index in [0.717, 1.165) is 16.9 Å². The number of nitrogens with zero attached hydrogens (tertiary/aromatic N) is 1. The Morgan fingerprint density at radius 3 is 2.68 bits per heavy atom. The van der Waals surface area contributed by atoms with Crippen molar-refractivity contribution in [1.29, 1.82) is 0 Å². The second kappa shape index (κ2) is 8.41. The van der Waals surface area contributed by atoms with E-state index in [2.05, 4.69) is 0 Å². The van der Waals surface area contributed by atoms with Crippen molar-refractivity contribution in [2.24, 2.45) is 0 Å². The first-order chi connectivity index (χ1) is 16.4. The molecular weight excluding hydrogens is 434 g/mol. The maximum absolute atomic E-state index is 13.2. The molecule has 1 N–H and O–H groups in total. The Balaban J connectivity index is 1.62. The van der Waals surface area contributed by atoms with Gasteiger partial charge in [-0.25, -0.2) is 0 Å². The van der Waals surface area contributed by atoms with Crippen LogP contribution < -0.4 is 9.47 Å². The first-order valence-corrected chi connectivity index (χ1v) is 11.1. The lowest BCUT2D eigenvalue weighted by molar-refractivity contribution is -0.140. The van der Waals surface area contributed by atoms with Crippen LogP contribution in [0.2, 0.25) is 0 Å². The van der Waals surface area contributed by atoms with Crippen molar-refractivity contribution in [3.05, 3.63) is 88.4 Å². The minimum atomic E-state index is -0.873. The zero-order chi connectivity index (χ0) is 24.0. The number of amides is 1. The van der Waals surface area contributed by atoms with E-state index in [1.54, 1.807) is 44.4 Å². The van der Waals surface area contributed by atoms with Gasteiger partial charge in [0.15, 0.2) is 0 Å². The van der Waals surface area contributed by atoms with E-state index in [4.69, 9.17) is 13.9 Å². The first kappa shape index (κ1) is 21.8. The highest BCUT2D eigenvalue weighted by atomic mass is 16.5. The molecule has 7 heteroatoms. The number of para-hydroxylation sites is 1. The third kappa shape index (κ3) is 3.63. The minimum absolute atomic E-state index is 0.00108. The van der Waals surface area contributed by atoms with Gasteiger partial charge in [-0.2, -0.15) is 0 Å². The third-order valence-corrected chi connectivity index (χ3v) is 6.27. The fourth-order valence-corrected chi connectivity index (χ4v) is 4.68. The third-order valence-electron chi connectivity index (χ3n) is 6.27. The summed E-state index contributed by atoms with van der Waals surface area (Å²) in [6.07, 6.45) is 0.754. The Hall–Kier alpha value is -4.00. The quantitative estimate of drug-likeness (QED) is 0.342. The van der Waals surface area contributed by atoms with E-state index < -0.39 is 17.7 Å². The van der Waals surface area contributed by atoms with Gasteiger partial charge in [-0.05, 0) is 55.8 Å². The van der Waals surface area contributed by atoms with Crippen LogP contribution in [0.15, 0.2) is 64.6 Å². The lowest BCUT2D eigenvalue weighted by Gasteiger charge is -2.24. The summed E-state index contributed by atoms with van der Waals surface area (Å²) in [4.78, 5) is 27.9. The van der Waals surface area contributed by atoms with Gasteiger partial charge >= 0.3 is 0 Å². The number of Topliss-reactive ketones (excluding diaryl/α,β-unsaturated/α-hetero) is 1. The number of hydrogen-bond donors (Lipinski definition) is 1. The maximum atomic E-state index is 13.2. The summed E-state index contributed by atoms with van der Waals surface area (Å²) in [5.41, 5.74) is 2.15. The molecular formula is C27H25NO6. The molecule has 1 aromatic heterocycles. The van der Waals surface area contributed by atoms with Crippen molar-refractivity contribution >= 4 is 17.4 Å². The van der Waals surface area contributed by atoms with E-state index in [9.17, 15) is 14.7 Å². The number of aliphatic hydroxyl groups is 1. The van der Waals surface area contributed by atoms with Crippen molar-refractivity contribution < 1.29 is 28.6 Å². The molecule has 2 aliphatic rings. The summed E-state index contributed by atoms with van der Waals surface area (Å²) >= 11 is 0. The van der Waals surface area contributed by atoms with Gasteiger partial charge in [0.2, 0.25) is 0 Å². The molecule has 1 fully saturated rings. The summed E-state index contributed by atoms with van der Waals surface area (Å²) in [5.74, 6) is 0.724. The van der Waals surface area contributed by atoms with Gasteiger partial charge in [0.1, 0.15) is 40.9 Å². The van der Waals surface area contributed by atoms with Crippen LogP contribution in [0.25, 0.3) is 5.76 Å². The molecule has 2 aliphatic heterocycles. The standard InChI is InChI=1S/C27H25NO6/c1-15-8-10-22(33-15)24-23(25(29)17-9-11-21-19(13-17)12-16(2)34-21)26(30)27(31)28(24)14-18-6-4-5-7-20(18)32-3/h4-11,13,16,24,29H,12,14H2,1-3H3/b25-23+. The van der Waals surface area contributed by atoms with Crippen molar-refractivity contribution in [1.82, 2.24) is 4.90 Å². The second-order valence-corrected chi connectivity index (χ2v) is 8.64. The smallest absolute Gasteiger partial charge is 0.296 e. The van der Waals surface area contributed by atoms with Crippen molar-refractivity contribution in [2.45, 2.75) is 39.0 Å². The molecule has 0 bridgehead atoms. The molecule has 3 heterocycles. The highest BCUT2D eigenvalue weighted by Gasteiger charge is 2.47. The number of methoxy groups -OCH3 is 1. The Kier molecular flexibility index (Phi) is 5.40. The van der Waals surface area contributed by atoms with Crippen LogP contribution in [0, 0.1) is 6.92 Å². The number of carbonyl (C=O) groups excluding carboxylic acids is 2. The molecule has 3 aromatic rings. The number of aliphatic hydroxyl groups excluding tert-OH is 1. The van der Waals surface area contributed by atoms with Gasteiger partial charge < -0.3 is 23.9 Å². The molecule has 2 unspecified atom stereocenters. The average Bonchev–Trinajstić information content (AvgIpc) is 3.49. The molecule has 5 rings (SSSR count). The molecule has 0 aliphatic carbocycles. The van der Waals surface area contributed by atoms with E-state index >= 15 is 0 Å². The summed E-state index contributed by atoms with van der Waals surface area (Å²) in [5, 5.41) is 11.3. The minimum Gasteiger partial charge on any atom is -0.507 e. The number of furan rings is 1.